The van der Waals surface area contributed by atoms with Crippen LogP contribution >= 0.6 is 11.8 Å². The second-order valence-corrected chi connectivity index (χ2v) is 5.96. The molecular weight excluding hydrogens is 216 g/mol. The fourth-order valence-corrected chi connectivity index (χ4v) is 2.51. The van der Waals surface area contributed by atoms with Crippen LogP contribution in [0.25, 0.3) is 0 Å². The summed E-state index contributed by atoms with van der Waals surface area (Å²) in [5.41, 5.74) is 0. The van der Waals surface area contributed by atoms with Gasteiger partial charge in [0.2, 0.25) is 6.29 Å². The van der Waals surface area contributed by atoms with Gasteiger partial charge in [-0.1, -0.05) is 65.2 Å². The monoisotopic (exact) mass is 243 g/mol. The molecule has 1 unspecified atom stereocenters. The Morgan fingerprint density at radius 2 is 1.56 bits per heavy atom. The summed E-state index contributed by atoms with van der Waals surface area (Å²) >= 11 is 1.73. The predicted molar refractivity (Wildman–Crippen MR) is 74.8 cm³/mol. The van der Waals surface area contributed by atoms with E-state index in [-0.39, 0.29) is 0 Å². The van der Waals surface area contributed by atoms with Crippen molar-refractivity contribution in [1.29, 1.82) is 0 Å². The van der Waals surface area contributed by atoms with Crippen molar-refractivity contribution in [1.82, 2.24) is 0 Å². The van der Waals surface area contributed by atoms with Crippen LogP contribution in [0.2, 0.25) is 0 Å². The lowest BCUT2D eigenvalue weighted by Gasteiger charge is -2.08. The molecule has 0 aliphatic rings. The minimum absolute atomic E-state index is 0.540. The van der Waals surface area contributed by atoms with Gasteiger partial charge >= 0.3 is 0 Å². The highest BCUT2D eigenvalue weighted by Crippen LogP contribution is 2.17. The lowest BCUT2D eigenvalue weighted by molar-refractivity contribution is 0.559. The molecule has 16 heavy (non-hydrogen) atoms. The van der Waals surface area contributed by atoms with Gasteiger partial charge in [-0.2, -0.15) is 11.8 Å². The summed E-state index contributed by atoms with van der Waals surface area (Å²) in [5, 5.41) is 0.626. The first-order chi connectivity index (χ1) is 7.81. The van der Waals surface area contributed by atoms with Crippen molar-refractivity contribution in [2.75, 3.05) is 5.75 Å². The molecule has 1 nitrogen and oxygen atoms in total. The summed E-state index contributed by atoms with van der Waals surface area (Å²) in [6, 6.07) is 0. The van der Waals surface area contributed by atoms with E-state index in [9.17, 15) is 4.79 Å². The van der Waals surface area contributed by atoms with Crippen LogP contribution in [-0.4, -0.2) is 17.3 Å². The van der Waals surface area contributed by atoms with E-state index in [0.29, 0.717) is 11.0 Å². The fourth-order valence-electron chi connectivity index (χ4n) is 1.83. The quantitative estimate of drug-likeness (QED) is 0.460. The molecule has 0 bridgehead atoms. The summed E-state index contributed by atoms with van der Waals surface area (Å²) < 4.78 is 0. The van der Waals surface area contributed by atoms with Crippen LogP contribution < -0.4 is 0 Å². The molecule has 0 saturated carbocycles. The topological polar surface area (TPSA) is 17.1 Å². The van der Waals surface area contributed by atoms with Gasteiger partial charge in [0.25, 0.3) is 0 Å². The lowest BCUT2D eigenvalue weighted by atomic mass is 10.1. The molecule has 1 atom stereocenters. The van der Waals surface area contributed by atoms with Crippen molar-refractivity contribution >= 4 is 18.0 Å². The Hall–Kier alpha value is 0.0200. The Labute approximate surface area is 106 Å². The van der Waals surface area contributed by atoms with Gasteiger partial charge in [-0.05, 0) is 6.42 Å². The SMILES string of the molecule is CCCCCCCCCCC(C)SC[C]=O. The van der Waals surface area contributed by atoms with Crippen molar-refractivity contribution in [2.24, 2.45) is 0 Å². The van der Waals surface area contributed by atoms with Crippen LogP contribution in [0.1, 0.15) is 71.6 Å². The van der Waals surface area contributed by atoms with Gasteiger partial charge < -0.3 is 0 Å². The second kappa shape index (κ2) is 13.1. The zero-order valence-electron chi connectivity index (χ0n) is 11.0. The van der Waals surface area contributed by atoms with Gasteiger partial charge in [-0.3, -0.25) is 4.79 Å². The van der Waals surface area contributed by atoms with E-state index < -0.39 is 0 Å². The number of hydrogen-bond donors (Lipinski definition) is 0. The molecule has 0 aliphatic carbocycles. The van der Waals surface area contributed by atoms with E-state index in [1.54, 1.807) is 11.8 Å². The Bertz CT molecular complexity index is 148. The summed E-state index contributed by atoms with van der Waals surface area (Å²) in [7, 11) is 0. The van der Waals surface area contributed by atoms with Crippen LogP contribution in [0.5, 0.6) is 0 Å². The molecule has 0 aromatic rings. The van der Waals surface area contributed by atoms with E-state index >= 15 is 0 Å². The average molecular weight is 243 g/mol. The third-order valence-electron chi connectivity index (χ3n) is 2.89. The predicted octanol–water partition coefficient (Wildman–Crippen LogP) is 4.75. The van der Waals surface area contributed by atoms with Gasteiger partial charge in [-0.15, -0.1) is 0 Å². The fraction of sp³-hybridized carbons (Fsp3) is 0.929. The van der Waals surface area contributed by atoms with E-state index in [4.69, 9.17) is 0 Å². The Morgan fingerprint density at radius 1 is 1.00 bits per heavy atom. The highest BCUT2D eigenvalue weighted by molar-refractivity contribution is 8.00. The molecule has 2 heteroatoms. The zero-order valence-corrected chi connectivity index (χ0v) is 11.8. The first-order valence-corrected chi connectivity index (χ1v) is 7.82. The normalized spacial score (nSPS) is 12.6. The third-order valence-corrected chi connectivity index (χ3v) is 3.98. The second-order valence-electron chi connectivity index (χ2n) is 4.53. The smallest absolute Gasteiger partial charge is 0.209 e. The van der Waals surface area contributed by atoms with Gasteiger partial charge in [0.15, 0.2) is 0 Å². The molecule has 0 aromatic carbocycles. The number of hydrogen-bond acceptors (Lipinski definition) is 2. The first-order valence-electron chi connectivity index (χ1n) is 6.77. The standard InChI is InChI=1S/C14H27OS/c1-3-4-5-6-7-8-9-10-11-14(2)16-13-12-15/h14H,3-11,13H2,1-2H3. The molecular formula is C14H27OS. The van der Waals surface area contributed by atoms with Crippen molar-refractivity contribution in [2.45, 2.75) is 76.9 Å². The maximum Gasteiger partial charge on any atom is 0.209 e. The number of rotatable bonds is 12. The molecule has 1 radical (unpaired) electrons. The maximum atomic E-state index is 10.1. The van der Waals surface area contributed by atoms with Gasteiger partial charge in [0.1, 0.15) is 0 Å². The van der Waals surface area contributed by atoms with E-state index in [1.807, 2.05) is 6.29 Å². The van der Waals surface area contributed by atoms with Crippen molar-refractivity contribution < 1.29 is 4.79 Å². The van der Waals surface area contributed by atoms with E-state index in [1.165, 1.54) is 57.8 Å². The highest BCUT2D eigenvalue weighted by atomic mass is 32.2. The number of carbonyl (C=O) groups excluding carboxylic acids is 1. The van der Waals surface area contributed by atoms with Crippen LogP contribution in [0.3, 0.4) is 0 Å². The minimum Gasteiger partial charge on any atom is -0.290 e. The Kier molecular flexibility index (Phi) is 13.1. The minimum atomic E-state index is 0.540. The molecule has 0 heterocycles. The summed E-state index contributed by atoms with van der Waals surface area (Å²) in [4.78, 5) is 10.1. The van der Waals surface area contributed by atoms with Crippen LogP contribution in [0, 0.1) is 0 Å². The molecule has 95 valence electrons. The molecule has 0 aliphatic heterocycles. The Balaban J connectivity index is 3.05. The highest BCUT2D eigenvalue weighted by Gasteiger charge is 2.01. The molecule has 0 spiro atoms. The molecule has 0 amide bonds. The van der Waals surface area contributed by atoms with Crippen LogP contribution in [0.4, 0.5) is 0 Å². The summed E-state index contributed by atoms with van der Waals surface area (Å²) in [6.07, 6.45) is 14.2. The largest absolute Gasteiger partial charge is 0.290 e. The molecule has 0 saturated heterocycles. The number of unbranched alkanes of at least 4 members (excludes halogenated alkanes) is 7. The lowest BCUT2D eigenvalue weighted by Crippen LogP contribution is -1.97. The van der Waals surface area contributed by atoms with Crippen LogP contribution in [-0.2, 0) is 4.79 Å². The van der Waals surface area contributed by atoms with Crippen molar-refractivity contribution in [3.05, 3.63) is 0 Å². The summed E-state index contributed by atoms with van der Waals surface area (Å²) in [6.45, 7) is 4.47. The zero-order chi connectivity index (χ0) is 12.1. The van der Waals surface area contributed by atoms with Gasteiger partial charge in [-0.25, -0.2) is 0 Å². The summed E-state index contributed by atoms with van der Waals surface area (Å²) in [5.74, 6) is 0.540. The van der Waals surface area contributed by atoms with Crippen molar-refractivity contribution in [3.63, 3.8) is 0 Å². The van der Waals surface area contributed by atoms with Gasteiger partial charge in [0.05, 0.1) is 5.75 Å². The Morgan fingerprint density at radius 3 is 2.12 bits per heavy atom. The number of thioether (sulfide) groups is 1. The van der Waals surface area contributed by atoms with Crippen LogP contribution in [0.15, 0.2) is 0 Å². The molecule has 0 fully saturated rings. The first kappa shape index (κ1) is 16.0. The van der Waals surface area contributed by atoms with E-state index in [0.717, 1.165) is 0 Å². The molecule has 0 rings (SSSR count). The molecule has 0 N–H and O–H groups in total. The molecule has 0 aromatic heterocycles. The third kappa shape index (κ3) is 12.1. The van der Waals surface area contributed by atoms with Gasteiger partial charge in [0, 0.05) is 5.25 Å². The van der Waals surface area contributed by atoms with Crippen molar-refractivity contribution in [3.8, 4) is 0 Å². The maximum absolute atomic E-state index is 10.1. The van der Waals surface area contributed by atoms with E-state index in [2.05, 4.69) is 13.8 Å². The average Bonchev–Trinajstić information content (AvgIpc) is 2.30.